The third-order valence-electron chi connectivity index (χ3n) is 3.92. The van der Waals surface area contributed by atoms with Crippen LogP contribution in [0.3, 0.4) is 0 Å². The van der Waals surface area contributed by atoms with Gasteiger partial charge in [0.25, 0.3) is 0 Å². The van der Waals surface area contributed by atoms with Crippen LogP contribution in [0.1, 0.15) is 31.2 Å². The number of halogens is 2. The van der Waals surface area contributed by atoms with E-state index in [-0.39, 0.29) is 0 Å². The van der Waals surface area contributed by atoms with Crippen LogP contribution < -0.4 is 5.73 Å². The Morgan fingerprint density at radius 1 is 1.21 bits per heavy atom. The van der Waals surface area contributed by atoms with Crippen molar-refractivity contribution in [1.29, 1.82) is 0 Å². The quantitative estimate of drug-likeness (QED) is 0.909. The van der Waals surface area contributed by atoms with Crippen molar-refractivity contribution in [3.8, 4) is 0 Å². The van der Waals surface area contributed by atoms with Crippen LogP contribution in [0.5, 0.6) is 0 Å². The van der Waals surface area contributed by atoms with Gasteiger partial charge in [-0.2, -0.15) is 0 Å². The van der Waals surface area contributed by atoms with Gasteiger partial charge in [0.15, 0.2) is 0 Å². The van der Waals surface area contributed by atoms with Gasteiger partial charge in [-0.05, 0) is 44.7 Å². The molecule has 0 radical (unpaired) electrons. The highest BCUT2D eigenvalue weighted by atomic mass is 19.1. The lowest BCUT2D eigenvalue weighted by molar-refractivity contribution is 0.217. The molecule has 0 spiro atoms. The summed E-state index contributed by atoms with van der Waals surface area (Å²) in [5.74, 6) is -0.337. The number of nitrogens with zero attached hydrogens (tertiary/aromatic N) is 1. The van der Waals surface area contributed by atoms with Crippen molar-refractivity contribution >= 4 is 0 Å². The maximum Gasteiger partial charge on any atom is 0.130 e. The Morgan fingerprint density at radius 3 is 2.53 bits per heavy atom. The highest BCUT2D eigenvalue weighted by Gasteiger charge is 2.20. The number of hydrogen-bond acceptors (Lipinski definition) is 2. The van der Waals surface area contributed by atoms with Crippen LogP contribution in [0.15, 0.2) is 18.2 Å². The van der Waals surface area contributed by atoms with Gasteiger partial charge < -0.3 is 10.6 Å². The summed E-state index contributed by atoms with van der Waals surface area (Å²) in [7, 11) is 1.98. The number of benzene rings is 1. The molecule has 0 aliphatic heterocycles. The van der Waals surface area contributed by atoms with Gasteiger partial charge in [-0.15, -0.1) is 0 Å². The van der Waals surface area contributed by atoms with Crippen molar-refractivity contribution in [3.05, 3.63) is 35.4 Å². The Kier molecular flexibility index (Phi) is 4.88. The summed E-state index contributed by atoms with van der Waals surface area (Å²) < 4.78 is 26.4. The summed E-state index contributed by atoms with van der Waals surface area (Å²) in [5, 5.41) is 0. The zero-order valence-corrected chi connectivity index (χ0v) is 11.4. The molecule has 0 aromatic heterocycles. The minimum absolute atomic E-state index is 0.357. The Labute approximate surface area is 113 Å². The molecule has 0 bridgehead atoms. The van der Waals surface area contributed by atoms with E-state index in [0.717, 1.165) is 38.3 Å². The molecule has 1 aromatic carbocycles. The highest BCUT2D eigenvalue weighted by Crippen LogP contribution is 2.24. The Hall–Kier alpha value is -1.00. The lowest BCUT2D eigenvalue weighted by atomic mass is 9.86. The van der Waals surface area contributed by atoms with Crippen LogP contribution in [-0.2, 0) is 6.54 Å². The first-order valence-electron chi connectivity index (χ1n) is 6.92. The van der Waals surface area contributed by atoms with Gasteiger partial charge in [-0.3, -0.25) is 0 Å². The van der Waals surface area contributed by atoms with Gasteiger partial charge in [0.1, 0.15) is 11.6 Å². The van der Waals surface area contributed by atoms with Crippen molar-refractivity contribution < 1.29 is 8.78 Å². The van der Waals surface area contributed by atoms with E-state index in [4.69, 9.17) is 5.73 Å². The molecule has 0 unspecified atom stereocenters. The Bertz CT molecular complexity index is 415. The average molecular weight is 268 g/mol. The van der Waals surface area contributed by atoms with Crippen LogP contribution in [0.2, 0.25) is 0 Å². The molecule has 1 saturated carbocycles. The predicted octanol–water partition coefficient (Wildman–Crippen LogP) is 2.91. The van der Waals surface area contributed by atoms with Crippen molar-refractivity contribution in [2.45, 2.75) is 38.3 Å². The number of hydrogen-bond donors (Lipinski definition) is 1. The third kappa shape index (κ3) is 4.25. The molecule has 1 aliphatic rings. The molecule has 1 fully saturated rings. The fourth-order valence-electron chi connectivity index (χ4n) is 2.82. The molecule has 2 nitrogen and oxygen atoms in total. The largest absolute Gasteiger partial charge is 0.328 e. The summed E-state index contributed by atoms with van der Waals surface area (Å²) in [6.07, 6.45) is 4.47. The van der Waals surface area contributed by atoms with E-state index in [1.54, 1.807) is 0 Å². The Balaban J connectivity index is 1.85. The van der Waals surface area contributed by atoms with Gasteiger partial charge in [-0.25, -0.2) is 8.78 Å². The van der Waals surface area contributed by atoms with Crippen molar-refractivity contribution in [3.63, 3.8) is 0 Å². The molecule has 0 heterocycles. The zero-order chi connectivity index (χ0) is 13.8. The SMILES string of the molecule is CN(Cc1ccc(F)cc1F)CC1CCC(N)CC1. The van der Waals surface area contributed by atoms with E-state index in [1.807, 2.05) is 7.05 Å². The van der Waals surface area contributed by atoms with Crippen LogP contribution >= 0.6 is 0 Å². The molecule has 2 N–H and O–H groups in total. The molecular formula is C15H22F2N2. The smallest absolute Gasteiger partial charge is 0.130 e. The lowest BCUT2D eigenvalue weighted by Crippen LogP contribution is -2.32. The van der Waals surface area contributed by atoms with E-state index in [1.165, 1.54) is 12.1 Å². The summed E-state index contributed by atoms with van der Waals surface area (Å²) in [6.45, 7) is 1.47. The zero-order valence-electron chi connectivity index (χ0n) is 11.4. The predicted molar refractivity (Wildman–Crippen MR) is 72.6 cm³/mol. The second kappa shape index (κ2) is 6.44. The van der Waals surface area contributed by atoms with Crippen LogP contribution in [-0.4, -0.2) is 24.5 Å². The molecular weight excluding hydrogens is 246 g/mol. The minimum atomic E-state index is -0.523. The molecule has 0 saturated heterocycles. The van der Waals surface area contributed by atoms with E-state index < -0.39 is 11.6 Å². The number of rotatable bonds is 4. The monoisotopic (exact) mass is 268 g/mol. The fourth-order valence-corrected chi connectivity index (χ4v) is 2.82. The first kappa shape index (κ1) is 14.4. The molecule has 106 valence electrons. The second-order valence-electron chi connectivity index (χ2n) is 5.71. The molecule has 2 rings (SSSR count). The lowest BCUT2D eigenvalue weighted by Gasteiger charge is -2.29. The fraction of sp³-hybridized carbons (Fsp3) is 0.600. The molecule has 0 amide bonds. The third-order valence-corrected chi connectivity index (χ3v) is 3.92. The van der Waals surface area contributed by atoms with Crippen LogP contribution in [0.25, 0.3) is 0 Å². The molecule has 19 heavy (non-hydrogen) atoms. The van der Waals surface area contributed by atoms with Gasteiger partial charge in [0.2, 0.25) is 0 Å². The minimum Gasteiger partial charge on any atom is -0.328 e. The normalized spacial score (nSPS) is 23.8. The second-order valence-corrected chi connectivity index (χ2v) is 5.71. The van der Waals surface area contributed by atoms with Gasteiger partial charge in [0.05, 0.1) is 0 Å². The standard InChI is InChI=1S/C15H22F2N2/c1-19(9-11-2-6-14(18)7-3-11)10-12-4-5-13(16)8-15(12)17/h4-5,8,11,14H,2-3,6-7,9-10,18H2,1H3. The van der Waals surface area contributed by atoms with Gasteiger partial charge >= 0.3 is 0 Å². The molecule has 0 atom stereocenters. The topological polar surface area (TPSA) is 29.3 Å². The van der Waals surface area contributed by atoms with Crippen LogP contribution in [0.4, 0.5) is 8.78 Å². The maximum absolute atomic E-state index is 13.6. The highest BCUT2D eigenvalue weighted by molar-refractivity contribution is 5.18. The average Bonchev–Trinajstić information content (AvgIpc) is 2.36. The van der Waals surface area contributed by atoms with E-state index >= 15 is 0 Å². The van der Waals surface area contributed by atoms with Crippen LogP contribution in [0, 0.1) is 17.6 Å². The van der Waals surface area contributed by atoms with Gasteiger partial charge in [0, 0.05) is 30.8 Å². The summed E-state index contributed by atoms with van der Waals surface area (Å²) in [5.41, 5.74) is 6.44. The van der Waals surface area contributed by atoms with Crippen molar-refractivity contribution in [2.75, 3.05) is 13.6 Å². The van der Waals surface area contributed by atoms with E-state index in [0.29, 0.717) is 24.1 Å². The first-order valence-corrected chi connectivity index (χ1v) is 6.92. The summed E-state index contributed by atoms with van der Waals surface area (Å²) >= 11 is 0. The van der Waals surface area contributed by atoms with Crippen molar-refractivity contribution in [1.82, 2.24) is 4.90 Å². The summed E-state index contributed by atoms with van der Waals surface area (Å²) in [6, 6.07) is 4.14. The molecule has 4 heteroatoms. The Morgan fingerprint density at radius 2 is 1.89 bits per heavy atom. The molecule has 1 aliphatic carbocycles. The maximum atomic E-state index is 13.6. The molecule has 1 aromatic rings. The van der Waals surface area contributed by atoms with Gasteiger partial charge in [-0.1, -0.05) is 6.07 Å². The van der Waals surface area contributed by atoms with Crippen molar-refractivity contribution in [2.24, 2.45) is 11.7 Å². The first-order chi connectivity index (χ1) is 9.04. The number of nitrogens with two attached hydrogens (primary N) is 1. The van der Waals surface area contributed by atoms with E-state index in [2.05, 4.69) is 4.90 Å². The summed E-state index contributed by atoms with van der Waals surface area (Å²) in [4.78, 5) is 2.11. The van der Waals surface area contributed by atoms with E-state index in [9.17, 15) is 8.78 Å².